The summed E-state index contributed by atoms with van der Waals surface area (Å²) in [5.41, 5.74) is 1.85. The largest absolute Gasteiger partial charge is 0.311 e. The second kappa shape index (κ2) is 6.98. The molecule has 0 saturated carbocycles. The monoisotopic (exact) mass is 408 g/mol. The number of nitrogens with one attached hydrogen (secondary N) is 1. The lowest BCUT2D eigenvalue weighted by atomic mass is 10.1. The first kappa shape index (κ1) is 17.0. The third-order valence-corrected chi connectivity index (χ3v) is 5.42. The first-order chi connectivity index (χ1) is 11.5. The van der Waals surface area contributed by atoms with Crippen molar-refractivity contribution in [3.8, 4) is 0 Å². The molecule has 1 aromatic heterocycles. The Balaban J connectivity index is 1.70. The van der Waals surface area contributed by atoms with E-state index in [2.05, 4.69) is 31.4 Å². The summed E-state index contributed by atoms with van der Waals surface area (Å²) in [6.45, 7) is 4.32. The highest BCUT2D eigenvalue weighted by Crippen LogP contribution is 2.30. The molecular formula is C16H17BrN4O2S. The van der Waals surface area contributed by atoms with Crippen molar-refractivity contribution in [2.45, 2.75) is 26.7 Å². The predicted octanol–water partition coefficient (Wildman–Crippen LogP) is 3.16. The topological polar surface area (TPSA) is 75.2 Å². The van der Waals surface area contributed by atoms with Crippen molar-refractivity contribution < 1.29 is 9.59 Å². The third-order valence-electron chi connectivity index (χ3n) is 3.94. The highest BCUT2D eigenvalue weighted by atomic mass is 79.9. The third kappa shape index (κ3) is 3.49. The van der Waals surface area contributed by atoms with Crippen LogP contribution in [0, 0.1) is 12.8 Å². The normalized spacial score (nSPS) is 17.4. The van der Waals surface area contributed by atoms with Gasteiger partial charge in [0.2, 0.25) is 16.9 Å². The predicted molar refractivity (Wildman–Crippen MR) is 97.3 cm³/mol. The highest BCUT2D eigenvalue weighted by molar-refractivity contribution is 9.10. The Bertz CT molecular complexity index is 792. The number of aryl methyl sites for hydroxylation is 2. The SMILES string of the molecule is CCc1nnc(NC(=O)[C@H]2CC(=O)N(c3ccc(Br)cc3C)C2)s1. The molecule has 2 aromatic rings. The van der Waals surface area contributed by atoms with E-state index in [1.54, 1.807) is 4.90 Å². The van der Waals surface area contributed by atoms with Gasteiger partial charge >= 0.3 is 0 Å². The minimum Gasteiger partial charge on any atom is -0.311 e. The number of amides is 2. The molecule has 8 heteroatoms. The Morgan fingerprint density at radius 1 is 1.46 bits per heavy atom. The van der Waals surface area contributed by atoms with Crippen LogP contribution in [0.2, 0.25) is 0 Å². The number of aromatic nitrogens is 2. The first-order valence-corrected chi connectivity index (χ1v) is 9.28. The maximum absolute atomic E-state index is 12.4. The molecule has 126 valence electrons. The van der Waals surface area contributed by atoms with Gasteiger partial charge in [-0.1, -0.05) is 34.2 Å². The van der Waals surface area contributed by atoms with Gasteiger partial charge in [-0.05, 0) is 37.1 Å². The first-order valence-electron chi connectivity index (χ1n) is 7.67. The number of anilines is 2. The van der Waals surface area contributed by atoms with Crippen LogP contribution in [0.1, 0.15) is 23.9 Å². The van der Waals surface area contributed by atoms with Gasteiger partial charge in [-0.15, -0.1) is 10.2 Å². The smallest absolute Gasteiger partial charge is 0.231 e. The van der Waals surface area contributed by atoms with Crippen molar-refractivity contribution in [1.82, 2.24) is 10.2 Å². The van der Waals surface area contributed by atoms with Crippen LogP contribution in [0.25, 0.3) is 0 Å². The summed E-state index contributed by atoms with van der Waals surface area (Å²) >= 11 is 4.78. The number of hydrogen-bond donors (Lipinski definition) is 1. The van der Waals surface area contributed by atoms with Crippen molar-refractivity contribution in [1.29, 1.82) is 0 Å². The van der Waals surface area contributed by atoms with Crippen molar-refractivity contribution in [3.05, 3.63) is 33.2 Å². The molecule has 6 nitrogen and oxygen atoms in total. The van der Waals surface area contributed by atoms with E-state index in [9.17, 15) is 9.59 Å². The van der Waals surface area contributed by atoms with Gasteiger partial charge in [-0.3, -0.25) is 9.59 Å². The van der Waals surface area contributed by atoms with E-state index in [-0.39, 0.29) is 24.2 Å². The summed E-state index contributed by atoms with van der Waals surface area (Å²) in [5, 5.41) is 12.1. The standard InChI is InChI=1S/C16H17BrN4O2S/c1-3-13-19-20-16(24-13)18-15(23)10-7-14(22)21(8-10)12-5-4-11(17)6-9(12)2/h4-6,10H,3,7-8H2,1-2H3,(H,18,20,23)/t10-/m0/s1. The summed E-state index contributed by atoms with van der Waals surface area (Å²) < 4.78 is 0.965. The highest BCUT2D eigenvalue weighted by Gasteiger charge is 2.36. The van der Waals surface area contributed by atoms with Crippen molar-refractivity contribution in [2.24, 2.45) is 5.92 Å². The maximum Gasteiger partial charge on any atom is 0.231 e. The molecule has 0 bridgehead atoms. The second-order valence-electron chi connectivity index (χ2n) is 5.68. The Labute approximate surface area is 152 Å². The average Bonchev–Trinajstić information content (AvgIpc) is 3.14. The quantitative estimate of drug-likeness (QED) is 0.842. The minimum atomic E-state index is -0.380. The van der Waals surface area contributed by atoms with E-state index >= 15 is 0 Å². The van der Waals surface area contributed by atoms with Gasteiger partial charge in [0.15, 0.2) is 0 Å². The second-order valence-corrected chi connectivity index (χ2v) is 7.66. The van der Waals surface area contributed by atoms with Gasteiger partial charge in [-0.25, -0.2) is 0 Å². The molecule has 1 aliphatic heterocycles. The summed E-state index contributed by atoms with van der Waals surface area (Å²) in [4.78, 5) is 26.4. The molecule has 1 fully saturated rings. The van der Waals surface area contributed by atoms with Crippen molar-refractivity contribution in [3.63, 3.8) is 0 Å². The van der Waals surface area contributed by atoms with Crippen LogP contribution in [-0.2, 0) is 16.0 Å². The van der Waals surface area contributed by atoms with E-state index in [0.29, 0.717) is 11.7 Å². The summed E-state index contributed by atoms with van der Waals surface area (Å²) in [6, 6.07) is 5.76. The lowest BCUT2D eigenvalue weighted by Gasteiger charge is -2.19. The zero-order valence-electron chi connectivity index (χ0n) is 13.4. The van der Waals surface area contributed by atoms with E-state index in [1.165, 1.54) is 11.3 Å². The molecule has 0 radical (unpaired) electrons. The number of carbonyl (C=O) groups excluding carboxylic acids is 2. The van der Waals surface area contributed by atoms with Crippen LogP contribution in [0.15, 0.2) is 22.7 Å². The van der Waals surface area contributed by atoms with E-state index in [1.807, 2.05) is 32.0 Å². The molecule has 0 unspecified atom stereocenters. The van der Waals surface area contributed by atoms with E-state index in [4.69, 9.17) is 0 Å². The molecule has 2 heterocycles. The number of benzene rings is 1. The van der Waals surface area contributed by atoms with Gasteiger partial charge < -0.3 is 10.2 Å². The fourth-order valence-corrected chi connectivity index (χ4v) is 3.85. The molecule has 1 saturated heterocycles. The lowest BCUT2D eigenvalue weighted by Crippen LogP contribution is -2.28. The Morgan fingerprint density at radius 2 is 2.25 bits per heavy atom. The zero-order valence-corrected chi connectivity index (χ0v) is 15.8. The molecule has 2 amide bonds. The number of rotatable bonds is 4. The van der Waals surface area contributed by atoms with Crippen LogP contribution in [-0.4, -0.2) is 28.6 Å². The summed E-state index contributed by atoms with van der Waals surface area (Å²) in [7, 11) is 0. The number of nitrogens with zero attached hydrogens (tertiary/aromatic N) is 3. The maximum atomic E-state index is 12.4. The Morgan fingerprint density at radius 3 is 2.92 bits per heavy atom. The molecule has 24 heavy (non-hydrogen) atoms. The molecule has 3 rings (SSSR count). The molecule has 0 spiro atoms. The van der Waals surface area contributed by atoms with Crippen LogP contribution in [0.5, 0.6) is 0 Å². The van der Waals surface area contributed by atoms with Gasteiger partial charge in [0.1, 0.15) is 5.01 Å². The number of carbonyl (C=O) groups is 2. The molecule has 1 atom stereocenters. The van der Waals surface area contributed by atoms with Gasteiger partial charge in [0, 0.05) is 23.1 Å². The van der Waals surface area contributed by atoms with E-state index in [0.717, 1.165) is 27.2 Å². The fourth-order valence-electron chi connectivity index (χ4n) is 2.69. The van der Waals surface area contributed by atoms with Gasteiger partial charge in [-0.2, -0.15) is 0 Å². The number of halogens is 1. The van der Waals surface area contributed by atoms with Gasteiger partial charge in [0.25, 0.3) is 0 Å². The lowest BCUT2D eigenvalue weighted by molar-refractivity contribution is -0.122. The van der Waals surface area contributed by atoms with E-state index < -0.39 is 0 Å². The zero-order chi connectivity index (χ0) is 17.3. The Kier molecular flexibility index (Phi) is 4.96. The minimum absolute atomic E-state index is 0.0351. The molecule has 0 aliphatic carbocycles. The molecule has 1 aliphatic rings. The molecule has 1 aromatic carbocycles. The Hall–Kier alpha value is -1.80. The van der Waals surface area contributed by atoms with Crippen molar-refractivity contribution in [2.75, 3.05) is 16.8 Å². The van der Waals surface area contributed by atoms with Gasteiger partial charge in [0.05, 0.1) is 5.92 Å². The van der Waals surface area contributed by atoms with Crippen LogP contribution in [0.3, 0.4) is 0 Å². The van der Waals surface area contributed by atoms with Crippen LogP contribution >= 0.6 is 27.3 Å². The molecule has 1 N–H and O–H groups in total. The average molecular weight is 409 g/mol. The molecular weight excluding hydrogens is 392 g/mol. The summed E-state index contributed by atoms with van der Waals surface area (Å²) in [5.74, 6) is -0.596. The number of hydrogen-bond acceptors (Lipinski definition) is 5. The van der Waals surface area contributed by atoms with Crippen LogP contribution in [0.4, 0.5) is 10.8 Å². The van der Waals surface area contributed by atoms with Crippen molar-refractivity contribution >= 4 is 49.9 Å². The summed E-state index contributed by atoms with van der Waals surface area (Å²) in [6.07, 6.45) is 0.993. The fraction of sp³-hybridized carbons (Fsp3) is 0.375. The van der Waals surface area contributed by atoms with Crippen LogP contribution < -0.4 is 10.2 Å².